The number of carbonyl (C=O) groups is 1. The van der Waals surface area contributed by atoms with E-state index in [0.29, 0.717) is 6.92 Å². The third-order valence-corrected chi connectivity index (χ3v) is 3.72. The van der Waals surface area contributed by atoms with E-state index in [4.69, 9.17) is 17.1 Å². The molecule has 30 heavy (non-hydrogen) atoms. The minimum Gasteiger partial charge on any atom is -0.491 e. The molecule has 8 heteroatoms. The predicted molar refractivity (Wildman–Crippen MR) is 105 cm³/mol. The number of fused-ring (bicyclic) bond motifs is 1. The summed E-state index contributed by atoms with van der Waals surface area (Å²) in [6.45, 7) is -9.68. The van der Waals surface area contributed by atoms with E-state index in [1.54, 1.807) is 0 Å². The van der Waals surface area contributed by atoms with Crippen LogP contribution in [0.15, 0.2) is 60.9 Å². The van der Waals surface area contributed by atoms with Crippen molar-refractivity contribution in [2.24, 2.45) is 0 Å². The van der Waals surface area contributed by atoms with Crippen LogP contribution in [-0.4, -0.2) is 39.9 Å². The fraction of sp³-hybridized carbons (Fsp3) is 0.227. The summed E-state index contributed by atoms with van der Waals surface area (Å²) in [4.78, 5) is 21.1. The van der Waals surface area contributed by atoms with Gasteiger partial charge in [-0.2, -0.15) is 8.78 Å². The molecule has 2 aromatic carbocycles. The number of benzene rings is 2. The maximum absolute atomic E-state index is 13.8. The first-order chi connectivity index (χ1) is 17.9. The predicted octanol–water partition coefficient (Wildman–Crippen LogP) is 4.17. The zero-order valence-corrected chi connectivity index (χ0v) is 15.4. The van der Waals surface area contributed by atoms with Crippen molar-refractivity contribution in [1.29, 1.82) is 0 Å². The van der Waals surface area contributed by atoms with Crippen LogP contribution in [0.5, 0.6) is 11.5 Å². The van der Waals surface area contributed by atoms with Crippen molar-refractivity contribution in [3.8, 4) is 22.6 Å². The van der Waals surface area contributed by atoms with Gasteiger partial charge in [-0.3, -0.25) is 4.79 Å². The fourth-order valence-corrected chi connectivity index (χ4v) is 2.48. The Morgan fingerprint density at radius 3 is 2.70 bits per heavy atom. The second kappa shape index (κ2) is 8.06. The zero-order chi connectivity index (χ0) is 29.1. The standard InChI is InChI=1S/C22H19F2N3O3/c1-22(23,24)30-17-6-3-15(4-7-17)16-5-8-19-18(13-16)21(28)27(11-12-29-19)14-20-25-9-2-10-26-20/h2-10,13H,11-12,14H2,1H3/i5D,8D,11D2,12D2,13D,14D2. The maximum atomic E-state index is 13.8. The summed E-state index contributed by atoms with van der Waals surface area (Å²) in [6, 6.07) is 3.52. The van der Waals surface area contributed by atoms with Crippen molar-refractivity contribution in [2.45, 2.75) is 19.5 Å². The summed E-state index contributed by atoms with van der Waals surface area (Å²) in [5, 5.41) is 0. The molecule has 1 aliphatic heterocycles. The van der Waals surface area contributed by atoms with E-state index >= 15 is 0 Å². The maximum Gasteiger partial charge on any atom is 0.394 e. The van der Waals surface area contributed by atoms with Crippen molar-refractivity contribution in [3.05, 3.63) is 72.2 Å². The summed E-state index contributed by atoms with van der Waals surface area (Å²) in [5.41, 5.74) is -1.25. The van der Waals surface area contributed by atoms with Crippen molar-refractivity contribution in [2.75, 3.05) is 13.1 Å². The lowest BCUT2D eigenvalue weighted by Crippen LogP contribution is -2.32. The molecule has 2 heterocycles. The number of amides is 1. The molecule has 0 atom stereocenters. The molecule has 1 amide bonds. The number of ether oxygens (including phenoxy) is 2. The number of carbonyl (C=O) groups excluding carboxylic acids is 1. The summed E-state index contributed by atoms with van der Waals surface area (Å²) in [7, 11) is 0. The Hall–Kier alpha value is -3.55. The van der Waals surface area contributed by atoms with Crippen LogP contribution >= 0.6 is 0 Å². The van der Waals surface area contributed by atoms with Gasteiger partial charge in [0.1, 0.15) is 23.9 Å². The van der Waals surface area contributed by atoms with Gasteiger partial charge in [-0.15, -0.1) is 0 Å². The van der Waals surface area contributed by atoms with Gasteiger partial charge >= 0.3 is 6.11 Å². The number of aromatic nitrogens is 2. The minimum atomic E-state index is -3.54. The first-order valence-electron chi connectivity index (χ1n) is 13.0. The van der Waals surface area contributed by atoms with Crippen LogP contribution in [0.3, 0.4) is 0 Å². The molecule has 154 valence electrons. The van der Waals surface area contributed by atoms with Crippen molar-refractivity contribution >= 4 is 5.91 Å². The summed E-state index contributed by atoms with van der Waals surface area (Å²) < 4.78 is 112. The zero-order valence-electron chi connectivity index (χ0n) is 24.4. The average Bonchev–Trinajstić information content (AvgIpc) is 2.88. The molecule has 3 aromatic rings. The van der Waals surface area contributed by atoms with Gasteiger partial charge in [0, 0.05) is 19.3 Å². The molecular weight excluding hydrogens is 392 g/mol. The first kappa shape index (κ1) is 11.6. The van der Waals surface area contributed by atoms with Crippen LogP contribution < -0.4 is 9.47 Å². The first-order valence-corrected chi connectivity index (χ1v) is 8.52. The Morgan fingerprint density at radius 1 is 1.27 bits per heavy atom. The Morgan fingerprint density at radius 2 is 2.00 bits per heavy atom. The van der Waals surface area contributed by atoms with Gasteiger partial charge in [0.15, 0.2) is 0 Å². The second-order valence-electron chi connectivity index (χ2n) is 6.03. The van der Waals surface area contributed by atoms with Crippen LogP contribution in [-0.2, 0) is 6.50 Å². The number of nitrogens with zero attached hydrogens (tertiary/aromatic N) is 3. The molecule has 0 saturated heterocycles. The quantitative estimate of drug-likeness (QED) is 0.620. The highest BCUT2D eigenvalue weighted by molar-refractivity contribution is 5.98. The molecule has 1 aromatic heterocycles. The lowest BCUT2D eigenvalue weighted by molar-refractivity contribution is -0.158. The Balaban J connectivity index is 1.96. The highest BCUT2D eigenvalue weighted by Crippen LogP contribution is 2.31. The molecule has 1 aliphatic rings. The van der Waals surface area contributed by atoms with E-state index in [1.165, 1.54) is 18.2 Å². The van der Waals surface area contributed by atoms with E-state index in [1.807, 2.05) is 0 Å². The smallest absolute Gasteiger partial charge is 0.394 e. The fourth-order valence-electron chi connectivity index (χ4n) is 2.48. The van der Waals surface area contributed by atoms with Gasteiger partial charge in [-0.25, -0.2) is 9.97 Å². The molecule has 0 fully saturated rings. The largest absolute Gasteiger partial charge is 0.491 e. The molecule has 0 bridgehead atoms. The monoisotopic (exact) mass is 420 g/mol. The normalized spacial score (nSPS) is 22.2. The van der Waals surface area contributed by atoms with Gasteiger partial charge < -0.3 is 14.4 Å². The van der Waals surface area contributed by atoms with Gasteiger partial charge in [0.2, 0.25) is 0 Å². The molecule has 0 N–H and O–H groups in total. The Bertz CT molecular complexity index is 1440. The van der Waals surface area contributed by atoms with Crippen LogP contribution in [0.4, 0.5) is 8.78 Å². The lowest BCUT2D eigenvalue weighted by Gasteiger charge is -2.19. The van der Waals surface area contributed by atoms with E-state index in [-0.39, 0.29) is 21.8 Å². The minimum absolute atomic E-state index is 0.0112. The number of hydrogen-bond donors (Lipinski definition) is 0. The molecule has 6 nitrogen and oxygen atoms in total. The average molecular weight is 420 g/mol. The highest BCUT2D eigenvalue weighted by Gasteiger charge is 2.25. The van der Waals surface area contributed by atoms with Crippen LogP contribution in [0, 0.1) is 0 Å². The Labute approximate surface area is 184 Å². The van der Waals surface area contributed by atoms with Crippen LogP contribution in [0.2, 0.25) is 0 Å². The third-order valence-electron chi connectivity index (χ3n) is 3.72. The van der Waals surface area contributed by atoms with Crippen molar-refractivity contribution in [3.63, 3.8) is 0 Å². The van der Waals surface area contributed by atoms with E-state index < -0.39 is 66.8 Å². The number of hydrogen-bond acceptors (Lipinski definition) is 5. The number of halogens is 2. The molecular formula is C22H19F2N3O3. The molecule has 0 unspecified atom stereocenters. The van der Waals surface area contributed by atoms with Gasteiger partial charge in [0.05, 0.1) is 30.9 Å². The topological polar surface area (TPSA) is 64.6 Å². The van der Waals surface area contributed by atoms with Crippen molar-refractivity contribution in [1.82, 2.24) is 14.9 Å². The lowest BCUT2D eigenvalue weighted by atomic mass is 10.0. The van der Waals surface area contributed by atoms with E-state index in [2.05, 4.69) is 14.7 Å². The summed E-state index contributed by atoms with van der Waals surface area (Å²) in [6.07, 6.45) is -1.24. The molecule has 0 aliphatic carbocycles. The second-order valence-corrected chi connectivity index (χ2v) is 6.03. The summed E-state index contributed by atoms with van der Waals surface area (Å²) in [5.74, 6) is -3.46. The molecule has 0 saturated carbocycles. The third kappa shape index (κ3) is 4.53. The van der Waals surface area contributed by atoms with Crippen LogP contribution in [0.25, 0.3) is 11.1 Å². The Kier molecular flexibility index (Phi) is 3.11. The highest BCUT2D eigenvalue weighted by atomic mass is 19.3. The number of rotatable bonds is 5. The molecule has 0 spiro atoms. The molecule has 4 rings (SSSR count). The van der Waals surface area contributed by atoms with Crippen LogP contribution in [0.1, 0.15) is 35.4 Å². The van der Waals surface area contributed by atoms with E-state index in [0.717, 1.165) is 24.5 Å². The molecule has 0 radical (unpaired) electrons. The van der Waals surface area contributed by atoms with Gasteiger partial charge in [-0.05, 0) is 41.4 Å². The summed E-state index contributed by atoms with van der Waals surface area (Å²) >= 11 is 0. The SMILES string of the molecule is [2H]c1c([2H])c(-c2ccc(OC(C)(F)F)cc2)c([2H])c2c1OC([2H])([2H])C([2H])([2H])N(C([2H])([2H])c1ncccn1)C2=O. The van der Waals surface area contributed by atoms with Gasteiger partial charge in [-0.1, -0.05) is 18.2 Å². The van der Waals surface area contributed by atoms with Gasteiger partial charge in [0.25, 0.3) is 5.91 Å². The number of alkyl halides is 2. The van der Waals surface area contributed by atoms with E-state index in [9.17, 15) is 13.6 Å². The van der Waals surface area contributed by atoms with Crippen molar-refractivity contribution < 1.29 is 35.4 Å².